The van der Waals surface area contributed by atoms with Crippen LogP contribution in [0.3, 0.4) is 0 Å². The maximum Gasteiger partial charge on any atom is 0.233 e. The lowest BCUT2D eigenvalue weighted by molar-refractivity contribution is 0.162. The molecule has 0 aromatic heterocycles. The molecular weight excluding hydrogens is 182 g/mol. The van der Waals surface area contributed by atoms with E-state index < -0.39 is 9.36 Å². The van der Waals surface area contributed by atoms with Crippen LogP contribution in [-0.4, -0.2) is 9.36 Å². The zero-order valence-corrected chi connectivity index (χ0v) is 6.02. The second kappa shape index (κ2) is 2.60. The molecule has 1 nitrogen and oxygen atoms in total. The lowest BCUT2D eigenvalue weighted by atomic mass is 10.8. The number of hydrogen-bond acceptors (Lipinski definition) is 0. The maximum absolute atomic E-state index is 9.92. The molecular formula is C2HCl4O. The van der Waals surface area contributed by atoms with Crippen LogP contribution in [0.2, 0.25) is 0 Å². The largest absolute Gasteiger partial charge is 0.233 e. The van der Waals surface area contributed by atoms with E-state index in [2.05, 4.69) is 0 Å². The highest BCUT2D eigenvalue weighted by Crippen LogP contribution is 2.32. The molecule has 7 heavy (non-hydrogen) atoms. The summed E-state index contributed by atoms with van der Waals surface area (Å²) in [5, 5.41) is 9.92. The van der Waals surface area contributed by atoms with Crippen LogP contribution in [-0.2, 0) is 5.11 Å². The fraction of sp³-hybridized carbons (Fsp3) is 1.00. The van der Waals surface area contributed by atoms with Gasteiger partial charge in [-0.3, -0.25) is 0 Å². The van der Waals surface area contributed by atoms with Gasteiger partial charge in [0.05, 0.1) is 0 Å². The Hall–Kier alpha value is 1.12. The number of halogens is 4. The van der Waals surface area contributed by atoms with E-state index in [0.29, 0.717) is 0 Å². The smallest absolute Gasteiger partial charge is 0.211 e. The third kappa shape index (κ3) is 3.68. The van der Waals surface area contributed by atoms with E-state index >= 15 is 0 Å². The van der Waals surface area contributed by atoms with Crippen molar-refractivity contribution < 1.29 is 5.11 Å². The molecule has 0 aliphatic heterocycles. The van der Waals surface area contributed by atoms with Crippen LogP contribution in [0.1, 0.15) is 0 Å². The summed E-state index contributed by atoms with van der Waals surface area (Å²) in [4.78, 5) is 0. The molecule has 0 saturated heterocycles. The Morgan fingerprint density at radius 2 is 1.43 bits per heavy atom. The quantitative estimate of drug-likeness (QED) is 0.513. The predicted octanol–water partition coefficient (Wildman–Crippen LogP) is 2.35. The Bertz CT molecular complexity index is 55.2. The Kier molecular flexibility index (Phi) is 3.02. The molecule has 1 atom stereocenters. The predicted molar refractivity (Wildman–Crippen MR) is 30.6 cm³/mol. The van der Waals surface area contributed by atoms with Crippen LogP contribution in [0.4, 0.5) is 0 Å². The molecule has 43 valence electrons. The molecule has 0 saturated carbocycles. The first kappa shape index (κ1) is 8.12. The average molecular weight is 183 g/mol. The molecule has 0 aliphatic rings. The highest BCUT2D eigenvalue weighted by Gasteiger charge is 2.29. The first-order chi connectivity index (χ1) is 2.94. The molecule has 0 rings (SSSR count). The van der Waals surface area contributed by atoms with Gasteiger partial charge in [-0.1, -0.05) is 46.4 Å². The van der Waals surface area contributed by atoms with Gasteiger partial charge in [0.1, 0.15) is 0 Å². The first-order valence-corrected chi connectivity index (χ1v) is 2.88. The van der Waals surface area contributed by atoms with E-state index in [4.69, 9.17) is 46.4 Å². The third-order valence-electron chi connectivity index (χ3n) is 0.257. The van der Waals surface area contributed by atoms with Crippen LogP contribution in [0.5, 0.6) is 0 Å². The molecule has 0 amide bonds. The Balaban J connectivity index is 3.54. The summed E-state index contributed by atoms with van der Waals surface area (Å²) in [6.45, 7) is 0. The zero-order valence-electron chi connectivity index (χ0n) is 3.00. The van der Waals surface area contributed by atoms with E-state index in [-0.39, 0.29) is 0 Å². The molecule has 0 spiro atoms. The van der Waals surface area contributed by atoms with Gasteiger partial charge in [0.15, 0.2) is 0 Å². The van der Waals surface area contributed by atoms with Crippen LogP contribution < -0.4 is 0 Å². The SMILES string of the molecule is [O]C(Cl)C(Cl)(Cl)Cl. The standard InChI is InChI=1S/C2HCl4O/c3-1(7)2(4,5)6/h1H. The van der Waals surface area contributed by atoms with E-state index in [9.17, 15) is 5.11 Å². The third-order valence-corrected chi connectivity index (χ3v) is 1.51. The van der Waals surface area contributed by atoms with Crippen molar-refractivity contribution in [3.8, 4) is 0 Å². The Morgan fingerprint density at radius 3 is 1.43 bits per heavy atom. The Labute approximate surface area is 61.1 Å². The molecule has 0 aromatic rings. The number of alkyl halides is 4. The normalized spacial score (nSPS) is 16.7. The molecule has 0 fully saturated rings. The van der Waals surface area contributed by atoms with E-state index in [1.165, 1.54) is 0 Å². The van der Waals surface area contributed by atoms with E-state index in [1.54, 1.807) is 0 Å². The number of rotatable bonds is 0. The second-order valence-electron chi connectivity index (χ2n) is 0.858. The van der Waals surface area contributed by atoms with Gasteiger partial charge < -0.3 is 0 Å². The first-order valence-electron chi connectivity index (χ1n) is 1.31. The van der Waals surface area contributed by atoms with Gasteiger partial charge >= 0.3 is 0 Å². The molecule has 0 bridgehead atoms. The van der Waals surface area contributed by atoms with Gasteiger partial charge in [-0.2, -0.15) is 0 Å². The van der Waals surface area contributed by atoms with Crippen molar-refractivity contribution in [3.63, 3.8) is 0 Å². The van der Waals surface area contributed by atoms with Crippen molar-refractivity contribution in [2.75, 3.05) is 0 Å². The fourth-order valence-corrected chi connectivity index (χ4v) is 0. The molecule has 0 aliphatic carbocycles. The maximum atomic E-state index is 9.92. The lowest BCUT2D eigenvalue weighted by Crippen LogP contribution is -2.16. The summed E-state index contributed by atoms with van der Waals surface area (Å²) in [5.41, 5.74) is -1.68. The van der Waals surface area contributed by atoms with E-state index in [0.717, 1.165) is 0 Å². The minimum Gasteiger partial charge on any atom is -0.211 e. The topological polar surface area (TPSA) is 19.9 Å². The number of hydrogen-bond donors (Lipinski definition) is 0. The summed E-state index contributed by atoms with van der Waals surface area (Å²) in [5.74, 6) is 0. The monoisotopic (exact) mass is 181 g/mol. The minimum atomic E-state index is -1.87. The molecule has 1 unspecified atom stereocenters. The average Bonchev–Trinajstić information content (AvgIpc) is 1.31. The van der Waals surface area contributed by atoms with Gasteiger partial charge in [-0.05, 0) is 0 Å². The molecule has 0 heterocycles. The van der Waals surface area contributed by atoms with Crippen molar-refractivity contribution in [2.24, 2.45) is 0 Å². The van der Waals surface area contributed by atoms with Crippen molar-refractivity contribution in [1.82, 2.24) is 0 Å². The summed E-state index contributed by atoms with van der Waals surface area (Å²) in [6, 6.07) is 0. The fourth-order valence-electron chi connectivity index (χ4n) is 0. The van der Waals surface area contributed by atoms with E-state index in [1.807, 2.05) is 0 Å². The van der Waals surface area contributed by atoms with Gasteiger partial charge in [0, 0.05) is 0 Å². The Morgan fingerprint density at radius 1 is 1.29 bits per heavy atom. The van der Waals surface area contributed by atoms with Crippen molar-refractivity contribution in [2.45, 2.75) is 9.36 Å². The molecule has 0 aromatic carbocycles. The molecule has 1 radical (unpaired) electrons. The lowest BCUT2D eigenvalue weighted by Gasteiger charge is -2.07. The molecule has 5 heteroatoms. The van der Waals surface area contributed by atoms with Gasteiger partial charge in [-0.25, -0.2) is 5.11 Å². The van der Waals surface area contributed by atoms with Crippen LogP contribution >= 0.6 is 46.4 Å². The minimum absolute atomic E-state index is 1.68. The van der Waals surface area contributed by atoms with Crippen molar-refractivity contribution in [3.05, 3.63) is 0 Å². The summed E-state index contributed by atoms with van der Waals surface area (Å²) < 4.78 is -1.87. The van der Waals surface area contributed by atoms with Gasteiger partial charge in [0.25, 0.3) is 0 Å². The van der Waals surface area contributed by atoms with Gasteiger partial charge in [0.2, 0.25) is 9.36 Å². The highest BCUT2D eigenvalue weighted by molar-refractivity contribution is 6.69. The van der Waals surface area contributed by atoms with Crippen LogP contribution in [0.25, 0.3) is 0 Å². The summed E-state index contributed by atoms with van der Waals surface area (Å²) >= 11 is 19.7. The van der Waals surface area contributed by atoms with Crippen LogP contribution in [0.15, 0.2) is 0 Å². The zero-order chi connectivity index (χ0) is 6.08. The summed E-state index contributed by atoms with van der Waals surface area (Å²) in [7, 11) is 0. The highest BCUT2D eigenvalue weighted by atomic mass is 35.6. The molecule has 0 N–H and O–H groups in total. The van der Waals surface area contributed by atoms with Crippen molar-refractivity contribution in [1.29, 1.82) is 0 Å². The second-order valence-corrected chi connectivity index (χ2v) is 3.62. The van der Waals surface area contributed by atoms with Crippen LogP contribution in [0, 0.1) is 0 Å². The van der Waals surface area contributed by atoms with Crippen molar-refractivity contribution >= 4 is 46.4 Å². The summed E-state index contributed by atoms with van der Waals surface area (Å²) in [6.07, 6.45) is 0. The van der Waals surface area contributed by atoms with Gasteiger partial charge in [-0.15, -0.1) is 0 Å².